The molecule has 4 rings (SSSR count). The highest BCUT2D eigenvalue weighted by atomic mass is 16.5. The number of benzene rings is 2. The Kier molecular flexibility index (Phi) is 4.69. The summed E-state index contributed by atoms with van der Waals surface area (Å²) in [7, 11) is 0. The summed E-state index contributed by atoms with van der Waals surface area (Å²) in [6.45, 7) is 1.63. The molecule has 1 unspecified atom stereocenters. The van der Waals surface area contributed by atoms with Crippen molar-refractivity contribution in [3.05, 3.63) is 83.7 Å². The Balaban J connectivity index is 1.39. The monoisotopic (exact) mass is 347 g/mol. The molecule has 1 N–H and O–H groups in total. The van der Waals surface area contributed by atoms with Crippen LogP contribution in [-0.2, 0) is 24.3 Å². The number of aromatic nitrogens is 2. The summed E-state index contributed by atoms with van der Waals surface area (Å²) >= 11 is 0. The van der Waals surface area contributed by atoms with Gasteiger partial charge in [-0.1, -0.05) is 42.5 Å². The molecule has 132 valence electrons. The maximum absolute atomic E-state index is 12.6. The summed E-state index contributed by atoms with van der Waals surface area (Å²) in [5.74, 6) is 0.776. The fourth-order valence-corrected chi connectivity index (χ4v) is 3.28. The summed E-state index contributed by atoms with van der Waals surface area (Å²) in [6, 6.07) is 17.9. The van der Waals surface area contributed by atoms with Crippen molar-refractivity contribution in [2.45, 2.75) is 19.5 Å². The van der Waals surface area contributed by atoms with Crippen LogP contribution in [0.15, 0.2) is 67.0 Å². The SMILES string of the molecule is O=C(NCc1ccccc1Cn1cccn1)C1COc2ccccc2C1. The quantitative estimate of drug-likeness (QED) is 0.772. The molecule has 0 aliphatic carbocycles. The molecule has 0 saturated heterocycles. The van der Waals surface area contributed by atoms with Crippen molar-refractivity contribution in [3.8, 4) is 5.75 Å². The number of nitrogens with one attached hydrogen (secondary N) is 1. The van der Waals surface area contributed by atoms with E-state index in [-0.39, 0.29) is 11.8 Å². The first kappa shape index (κ1) is 16.4. The fraction of sp³-hybridized carbons (Fsp3) is 0.238. The van der Waals surface area contributed by atoms with Crippen molar-refractivity contribution in [1.29, 1.82) is 0 Å². The highest BCUT2D eigenvalue weighted by molar-refractivity contribution is 5.79. The number of hydrogen-bond acceptors (Lipinski definition) is 3. The lowest BCUT2D eigenvalue weighted by Crippen LogP contribution is -2.37. The highest BCUT2D eigenvalue weighted by Crippen LogP contribution is 2.26. The third-order valence-electron chi connectivity index (χ3n) is 4.71. The van der Waals surface area contributed by atoms with E-state index in [0.717, 1.165) is 28.9 Å². The lowest BCUT2D eigenvalue weighted by molar-refractivity contribution is -0.126. The van der Waals surface area contributed by atoms with Gasteiger partial charge in [-0.05, 0) is 35.2 Å². The van der Waals surface area contributed by atoms with Gasteiger partial charge in [-0.25, -0.2) is 0 Å². The maximum atomic E-state index is 12.6. The molecule has 1 aromatic heterocycles. The van der Waals surface area contributed by atoms with E-state index >= 15 is 0 Å². The summed E-state index contributed by atoms with van der Waals surface area (Å²) in [5, 5.41) is 7.33. The van der Waals surface area contributed by atoms with Gasteiger partial charge in [-0.3, -0.25) is 9.48 Å². The molecule has 2 heterocycles. The number of nitrogens with zero attached hydrogens (tertiary/aromatic N) is 2. The van der Waals surface area contributed by atoms with Gasteiger partial charge in [0.25, 0.3) is 0 Å². The lowest BCUT2D eigenvalue weighted by atomic mass is 9.96. The predicted octanol–water partition coefficient (Wildman–Crippen LogP) is 2.80. The van der Waals surface area contributed by atoms with E-state index in [1.165, 1.54) is 0 Å². The summed E-state index contributed by atoms with van der Waals surface area (Å²) in [5.41, 5.74) is 3.35. The second-order valence-corrected chi connectivity index (χ2v) is 6.51. The van der Waals surface area contributed by atoms with E-state index in [0.29, 0.717) is 19.7 Å². The van der Waals surface area contributed by atoms with Crippen LogP contribution in [0.4, 0.5) is 0 Å². The largest absolute Gasteiger partial charge is 0.492 e. The fourth-order valence-electron chi connectivity index (χ4n) is 3.28. The van der Waals surface area contributed by atoms with Crippen molar-refractivity contribution in [2.24, 2.45) is 5.92 Å². The Labute approximate surface area is 152 Å². The molecule has 0 spiro atoms. The highest BCUT2D eigenvalue weighted by Gasteiger charge is 2.25. The van der Waals surface area contributed by atoms with Crippen LogP contribution >= 0.6 is 0 Å². The van der Waals surface area contributed by atoms with Gasteiger partial charge in [0.15, 0.2) is 0 Å². The number of para-hydroxylation sites is 1. The summed E-state index contributed by atoms with van der Waals surface area (Å²) in [4.78, 5) is 12.6. The predicted molar refractivity (Wildman–Crippen MR) is 98.7 cm³/mol. The molecule has 0 fully saturated rings. The van der Waals surface area contributed by atoms with Crippen molar-refractivity contribution in [3.63, 3.8) is 0 Å². The minimum absolute atomic E-state index is 0.0356. The summed E-state index contributed by atoms with van der Waals surface area (Å²) in [6.07, 6.45) is 4.43. The third-order valence-corrected chi connectivity index (χ3v) is 4.71. The Hall–Kier alpha value is -3.08. The molecule has 0 radical (unpaired) electrons. The molecule has 1 atom stereocenters. The van der Waals surface area contributed by atoms with Gasteiger partial charge in [-0.15, -0.1) is 0 Å². The Morgan fingerprint density at radius 1 is 1.12 bits per heavy atom. The van der Waals surface area contributed by atoms with Gasteiger partial charge in [0.2, 0.25) is 5.91 Å². The molecule has 5 heteroatoms. The first-order chi connectivity index (χ1) is 12.8. The molecular weight excluding hydrogens is 326 g/mol. The first-order valence-electron chi connectivity index (χ1n) is 8.82. The topological polar surface area (TPSA) is 56.2 Å². The van der Waals surface area contributed by atoms with Crippen LogP contribution < -0.4 is 10.1 Å². The normalized spacial score (nSPS) is 15.8. The zero-order chi connectivity index (χ0) is 17.8. The maximum Gasteiger partial charge on any atom is 0.227 e. The molecule has 1 aliphatic heterocycles. The Bertz CT molecular complexity index is 890. The van der Waals surface area contributed by atoms with E-state index in [4.69, 9.17) is 4.74 Å². The van der Waals surface area contributed by atoms with Gasteiger partial charge in [0.05, 0.1) is 12.5 Å². The first-order valence-corrected chi connectivity index (χ1v) is 8.82. The lowest BCUT2D eigenvalue weighted by Gasteiger charge is -2.24. The van der Waals surface area contributed by atoms with Crippen LogP contribution in [0, 0.1) is 5.92 Å². The molecule has 1 amide bonds. The number of carbonyl (C=O) groups excluding carboxylic acids is 1. The van der Waals surface area contributed by atoms with Crippen molar-refractivity contribution in [2.75, 3.05) is 6.61 Å². The van der Waals surface area contributed by atoms with E-state index < -0.39 is 0 Å². The Morgan fingerprint density at radius 3 is 2.77 bits per heavy atom. The van der Waals surface area contributed by atoms with Gasteiger partial charge >= 0.3 is 0 Å². The zero-order valence-corrected chi connectivity index (χ0v) is 14.5. The second kappa shape index (κ2) is 7.44. The molecule has 0 bridgehead atoms. The average Bonchev–Trinajstić information content (AvgIpc) is 3.20. The zero-order valence-electron chi connectivity index (χ0n) is 14.5. The molecule has 3 aromatic rings. The number of carbonyl (C=O) groups is 1. The minimum atomic E-state index is -0.150. The van der Waals surface area contributed by atoms with Crippen LogP contribution in [0.1, 0.15) is 16.7 Å². The van der Waals surface area contributed by atoms with Crippen LogP contribution in [0.25, 0.3) is 0 Å². The minimum Gasteiger partial charge on any atom is -0.492 e. The van der Waals surface area contributed by atoms with Crippen molar-refractivity contribution in [1.82, 2.24) is 15.1 Å². The molecule has 2 aromatic carbocycles. The number of ether oxygens (including phenoxy) is 1. The number of rotatable bonds is 5. The smallest absolute Gasteiger partial charge is 0.227 e. The van der Waals surface area contributed by atoms with Gasteiger partial charge in [-0.2, -0.15) is 5.10 Å². The number of fused-ring (bicyclic) bond motifs is 1. The third kappa shape index (κ3) is 3.61. The molecule has 1 aliphatic rings. The average molecular weight is 347 g/mol. The molecule has 26 heavy (non-hydrogen) atoms. The van der Waals surface area contributed by atoms with Gasteiger partial charge in [0, 0.05) is 18.9 Å². The van der Waals surface area contributed by atoms with Crippen LogP contribution in [-0.4, -0.2) is 22.3 Å². The number of amides is 1. The molecule has 0 saturated carbocycles. The van der Waals surface area contributed by atoms with E-state index in [2.05, 4.69) is 16.5 Å². The van der Waals surface area contributed by atoms with Gasteiger partial charge < -0.3 is 10.1 Å². The standard InChI is InChI=1S/C21H21N3O2/c25-21(19-12-16-6-3-4-9-20(16)26-15-19)22-13-17-7-1-2-8-18(17)14-24-11-5-10-23-24/h1-11,19H,12-15H2,(H,22,25). The Morgan fingerprint density at radius 2 is 1.92 bits per heavy atom. The van der Waals surface area contributed by atoms with Crippen molar-refractivity contribution < 1.29 is 9.53 Å². The molecule has 5 nitrogen and oxygen atoms in total. The second-order valence-electron chi connectivity index (χ2n) is 6.51. The van der Waals surface area contributed by atoms with Crippen LogP contribution in [0.2, 0.25) is 0 Å². The summed E-state index contributed by atoms with van der Waals surface area (Å²) < 4.78 is 7.61. The van der Waals surface area contributed by atoms with E-state index in [1.807, 2.05) is 59.4 Å². The number of hydrogen-bond donors (Lipinski definition) is 1. The van der Waals surface area contributed by atoms with Crippen LogP contribution in [0.5, 0.6) is 5.75 Å². The molecular formula is C21H21N3O2. The van der Waals surface area contributed by atoms with E-state index in [1.54, 1.807) is 6.20 Å². The van der Waals surface area contributed by atoms with E-state index in [9.17, 15) is 4.79 Å². The van der Waals surface area contributed by atoms with Crippen molar-refractivity contribution >= 4 is 5.91 Å². The van der Waals surface area contributed by atoms with Gasteiger partial charge in [0.1, 0.15) is 12.4 Å². The van der Waals surface area contributed by atoms with Crippen LogP contribution in [0.3, 0.4) is 0 Å².